The minimum atomic E-state index is -0.0590. The van der Waals surface area contributed by atoms with Crippen molar-refractivity contribution in [1.82, 2.24) is 9.78 Å². The summed E-state index contributed by atoms with van der Waals surface area (Å²) in [6.45, 7) is 6.24. The molecule has 1 aromatic heterocycles. The van der Waals surface area contributed by atoms with Crippen LogP contribution in [0.4, 0.5) is 5.82 Å². The van der Waals surface area contributed by atoms with Gasteiger partial charge < -0.3 is 5.32 Å². The van der Waals surface area contributed by atoms with Gasteiger partial charge >= 0.3 is 0 Å². The maximum Gasteiger partial charge on any atom is 0.229 e. The van der Waals surface area contributed by atoms with Crippen molar-refractivity contribution in [2.24, 2.45) is 5.92 Å². The number of nitrogens with zero attached hydrogens (tertiary/aromatic N) is 2. The molecule has 4 heteroatoms. The quantitative estimate of drug-likeness (QED) is 0.817. The van der Waals surface area contributed by atoms with Crippen molar-refractivity contribution in [2.75, 3.05) is 5.32 Å². The van der Waals surface area contributed by atoms with E-state index in [-0.39, 0.29) is 17.4 Å². The van der Waals surface area contributed by atoms with Crippen LogP contribution in [0.2, 0.25) is 0 Å². The summed E-state index contributed by atoms with van der Waals surface area (Å²) in [6.07, 6.45) is 8.89. The van der Waals surface area contributed by atoms with Crippen LogP contribution in [0.5, 0.6) is 0 Å². The highest BCUT2D eigenvalue weighted by molar-refractivity contribution is 5.91. The molecule has 4 nitrogen and oxygen atoms in total. The third kappa shape index (κ3) is 3.00. The van der Waals surface area contributed by atoms with E-state index in [0.29, 0.717) is 5.82 Å². The SMILES string of the molecule is CC(C)(C)n1ccc(NC(=O)C2CC=CCC2)n1. The summed E-state index contributed by atoms with van der Waals surface area (Å²) >= 11 is 0. The van der Waals surface area contributed by atoms with E-state index in [1.807, 2.05) is 16.9 Å². The molecule has 18 heavy (non-hydrogen) atoms. The normalized spacial score (nSPS) is 19.8. The molecule has 0 aromatic carbocycles. The summed E-state index contributed by atoms with van der Waals surface area (Å²) in [7, 11) is 0. The van der Waals surface area contributed by atoms with Gasteiger partial charge in [-0.1, -0.05) is 12.2 Å². The molecule has 1 unspecified atom stereocenters. The van der Waals surface area contributed by atoms with E-state index in [4.69, 9.17) is 0 Å². The molecule has 0 bridgehead atoms. The molecular formula is C14H21N3O. The van der Waals surface area contributed by atoms with Gasteiger partial charge in [-0.05, 0) is 40.0 Å². The zero-order valence-corrected chi connectivity index (χ0v) is 11.3. The number of allylic oxidation sites excluding steroid dienone is 2. The van der Waals surface area contributed by atoms with E-state index in [1.54, 1.807) is 0 Å². The van der Waals surface area contributed by atoms with E-state index in [2.05, 4.69) is 43.3 Å². The number of rotatable bonds is 2. The minimum absolute atomic E-state index is 0.0590. The van der Waals surface area contributed by atoms with Crippen molar-refractivity contribution >= 4 is 11.7 Å². The number of anilines is 1. The van der Waals surface area contributed by atoms with Crippen LogP contribution in [0, 0.1) is 5.92 Å². The maximum absolute atomic E-state index is 12.0. The molecule has 0 saturated heterocycles. The van der Waals surface area contributed by atoms with Crippen molar-refractivity contribution in [2.45, 2.75) is 45.6 Å². The van der Waals surface area contributed by atoms with Gasteiger partial charge in [-0.2, -0.15) is 5.10 Å². The number of hydrogen-bond acceptors (Lipinski definition) is 2. The number of amides is 1. The van der Waals surface area contributed by atoms with Gasteiger partial charge in [-0.25, -0.2) is 0 Å². The fraction of sp³-hybridized carbons (Fsp3) is 0.571. The molecule has 2 rings (SSSR count). The van der Waals surface area contributed by atoms with Gasteiger partial charge in [0.25, 0.3) is 0 Å². The van der Waals surface area contributed by atoms with Crippen molar-refractivity contribution in [3.63, 3.8) is 0 Å². The predicted octanol–water partition coefficient (Wildman–Crippen LogP) is 2.93. The molecule has 1 aliphatic rings. The number of nitrogens with one attached hydrogen (secondary N) is 1. The molecule has 1 aliphatic carbocycles. The van der Waals surface area contributed by atoms with Gasteiger partial charge in [0, 0.05) is 18.2 Å². The van der Waals surface area contributed by atoms with Crippen LogP contribution < -0.4 is 5.32 Å². The molecular weight excluding hydrogens is 226 g/mol. The second kappa shape index (κ2) is 4.96. The Balaban J connectivity index is 1.99. The summed E-state index contributed by atoms with van der Waals surface area (Å²) in [5, 5.41) is 7.28. The van der Waals surface area contributed by atoms with Crippen LogP contribution in [-0.4, -0.2) is 15.7 Å². The molecule has 0 fully saturated rings. The summed E-state index contributed by atoms with van der Waals surface area (Å²) in [6, 6.07) is 1.85. The first-order chi connectivity index (χ1) is 8.47. The van der Waals surface area contributed by atoms with E-state index in [1.165, 1.54) is 0 Å². The number of carbonyl (C=O) groups excluding carboxylic acids is 1. The summed E-state index contributed by atoms with van der Waals surface area (Å²) < 4.78 is 1.86. The zero-order chi connectivity index (χ0) is 13.2. The molecule has 0 saturated carbocycles. The van der Waals surface area contributed by atoms with Crippen molar-refractivity contribution < 1.29 is 4.79 Å². The van der Waals surface area contributed by atoms with Crippen LogP contribution in [0.3, 0.4) is 0 Å². The van der Waals surface area contributed by atoms with E-state index < -0.39 is 0 Å². The molecule has 1 heterocycles. The van der Waals surface area contributed by atoms with Crippen molar-refractivity contribution in [1.29, 1.82) is 0 Å². The third-order valence-electron chi connectivity index (χ3n) is 3.17. The Bertz CT molecular complexity index is 454. The Kier molecular flexibility index (Phi) is 3.55. The molecule has 1 amide bonds. The van der Waals surface area contributed by atoms with Gasteiger partial charge in [0.15, 0.2) is 5.82 Å². The Labute approximate surface area is 108 Å². The van der Waals surface area contributed by atoms with Gasteiger partial charge in [0.1, 0.15) is 0 Å². The summed E-state index contributed by atoms with van der Waals surface area (Å²) in [4.78, 5) is 12.0. The molecule has 98 valence electrons. The summed E-state index contributed by atoms with van der Waals surface area (Å²) in [5.41, 5.74) is -0.0590. The van der Waals surface area contributed by atoms with Gasteiger partial charge in [0.05, 0.1) is 5.54 Å². The lowest BCUT2D eigenvalue weighted by Crippen LogP contribution is -2.25. The van der Waals surface area contributed by atoms with Gasteiger partial charge in [0.2, 0.25) is 5.91 Å². The summed E-state index contributed by atoms with van der Waals surface area (Å²) in [5.74, 6) is 0.817. The van der Waals surface area contributed by atoms with Gasteiger partial charge in [-0.15, -0.1) is 0 Å². The largest absolute Gasteiger partial charge is 0.309 e. The Morgan fingerprint density at radius 2 is 2.22 bits per heavy atom. The average molecular weight is 247 g/mol. The van der Waals surface area contributed by atoms with Crippen LogP contribution in [0.1, 0.15) is 40.0 Å². The Hall–Kier alpha value is -1.58. The van der Waals surface area contributed by atoms with Crippen molar-refractivity contribution in [3.8, 4) is 0 Å². The number of hydrogen-bond donors (Lipinski definition) is 1. The Morgan fingerprint density at radius 3 is 2.78 bits per heavy atom. The molecule has 1 atom stereocenters. The van der Waals surface area contributed by atoms with Crippen LogP contribution >= 0.6 is 0 Å². The lowest BCUT2D eigenvalue weighted by atomic mass is 9.94. The first-order valence-corrected chi connectivity index (χ1v) is 6.49. The van der Waals surface area contributed by atoms with E-state index in [9.17, 15) is 4.79 Å². The van der Waals surface area contributed by atoms with E-state index in [0.717, 1.165) is 19.3 Å². The molecule has 1 N–H and O–H groups in total. The topological polar surface area (TPSA) is 46.9 Å². The average Bonchev–Trinajstić information content (AvgIpc) is 2.78. The fourth-order valence-electron chi connectivity index (χ4n) is 2.02. The lowest BCUT2D eigenvalue weighted by Gasteiger charge is -2.19. The highest BCUT2D eigenvalue weighted by atomic mass is 16.2. The van der Waals surface area contributed by atoms with Gasteiger partial charge in [-0.3, -0.25) is 9.48 Å². The molecule has 0 radical (unpaired) electrons. The first-order valence-electron chi connectivity index (χ1n) is 6.49. The second-order valence-corrected chi connectivity index (χ2v) is 5.79. The van der Waals surface area contributed by atoms with Crippen LogP contribution in [0.25, 0.3) is 0 Å². The highest BCUT2D eigenvalue weighted by Gasteiger charge is 2.20. The molecule has 1 aromatic rings. The monoisotopic (exact) mass is 247 g/mol. The molecule has 0 spiro atoms. The predicted molar refractivity (Wildman–Crippen MR) is 72.3 cm³/mol. The fourth-order valence-corrected chi connectivity index (χ4v) is 2.02. The van der Waals surface area contributed by atoms with Crippen molar-refractivity contribution in [3.05, 3.63) is 24.4 Å². The number of aromatic nitrogens is 2. The Morgan fingerprint density at radius 1 is 1.44 bits per heavy atom. The minimum Gasteiger partial charge on any atom is -0.309 e. The van der Waals surface area contributed by atoms with Crippen LogP contribution in [-0.2, 0) is 10.3 Å². The molecule has 0 aliphatic heterocycles. The standard InChI is InChI=1S/C14H21N3O/c1-14(2,3)17-10-9-12(16-17)15-13(18)11-7-5-4-6-8-11/h4-5,9-11H,6-8H2,1-3H3,(H,15,16,18). The smallest absolute Gasteiger partial charge is 0.229 e. The number of carbonyl (C=O) groups is 1. The highest BCUT2D eigenvalue weighted by Crippen LogP contribution is 2.20. The zero-order valence-electron chi connectivity index (χ0n) is 11.3. The van der Waals surface area contributed by atoms with E-state index >= 15 is 0 Å². The second-order valence-electron chi connectivity index (χ2n) is 5.79. The first kappa shape index (κ1) is 12.9. The maximum atomic E-state index is 12.0. The third-order valence-corrected chi connectivity index (χ3v) is 3.17. The lowest BCUT2D eigenvalue weighted by molar-refractivity contribution is -0.120. The van der Waals surface area contributed by atoms with Crippen LogP contribution in [0.15, 0.2) is 24.4 Å².